The monoisotopic (exact) mass is 283 g/mol. The lowest BCUT2D eigenvalue weighted by Crippen LogP contribution is -2.28. The van der Waals surface area contributed by atoms with Crippen molar-refractivity contribution in [1.29, 1.82) is 0 Å². The van der Waals surface area contributed by atoms with Crippen molar-refractivity contribution in [2.24, 2.45) is 5.92 Å². The number of aliphatic hydroxyl groups excluding tert-OH is 1. The Morgan fingerprint density at radius 1 is 1.38 bits per heavy atom. The van der Waals surface area contributed by atoms with Crippen LogP contribution in [0.4, 0.5) is 0 Å². The zero-order chi connectivity index (χ0) is 14.2. The third-order valence-corrected chi connectivity index (χ3v) is 4.86. The minimum atomic E-state index is -0.395. The van der Waals surface area contributed by atoms with E-state index in [2.05, 4.69) is 32.9 Å². The van der Waals surface area contributed by atoms with Crippen LogP contribution in [-0.2, 0) is 6.42 Å². The topological polar surface area (TPSA) is 49.6 Å². The van der Waals surface area contributed by atoms with Crippen LogP contribution in [0, 0.1) is 5.92 Å². The Morgan fingerprint density at radius 3 is 3.10 bits per heavy atom. The lowest BCUT2D eigenvalue weighted by Gasteiger charge is -2.25. The summed E-state index contributed by atoms with van der Waals surface area (Å²) in [7, 11) is 0. The quantitative estimate of drug-likeness (QED) is 0.894. The Kier molecular flexibility index (Phi) is 3.28. The molecule has 4 nitrogen and oxygen atoms in total. The Hall–Kier alpha value is -1.65. The maximum atomic E-state index is 10.8. The molecule has 110 valence electrons. The smallest absolute Gasteiger partial charge is 0.0995 e. The highest BCUT2D eigenvalue weighted by Crippen LogP contribution is 2.29. The molecule has 1 saturated heterocycles. The molecule has 0 amide bonds. The van der Waals surface area contributed by atoms with Gasteiger partial charge in [-0.1, -0.05) is 18.2 Å². The normalized spacial score (nSPS) is 20.4. The molecule has 1 aliphatic heterocycles. The fourth-order valence-electron chi connectivity index (χ4n) is 3.78. The second-order valence-electron chi connectivity index (χ2n) is 6.17. The number of allylic oxidation sites excluding steroid dienone is 2. The molecule has 3 heterocycles. The van der Waals surface area contributed by atoms with Crippen molar-refractivity contribution in [3.63, 3.8) is 0 Å². The lowest BCUT2D eigenvalue weighted by molar-refractivity contribution is 0.128. The molecule has 4 heteroatoms. The van der Waals surface area contributed by atoms with Gasteiger partial charge in [0.1, 0.15) is 0 Å². The van der Waals surface area contributed by atoms with Crippen LogP contribution in [0.25, 0.3) is 11.6 Å². The van der Waals surface area contributed by atoms with Crippen molar-refractivity contribution in [1.82, 2.24) is 14.7 Å². The summed E-state index contributed by atoms with van der Waals surface area (Å²) in [5.74, 6) is 0.619. The van der Waals surface area contributed by atoms with Gasteiger partial charge in [-0.25, -0.2) is 4.98 Å². The van der Waals surface area contributed by atoms with E-state index in [0.717, 1.165) is 37.1 Å². The van der Waals surface area contributed by atoms with E-state index < -0.39 is 6.10 Å². The summed E-state index contributed by atoms with van der Waals surface area (Å²) in [5.41, 5.74) is 3.45. The van der Waals surface area contributed by atoms with Crippen LogP contribution in [0.15, 0.2) is 24.7 Å². The van der Waals surface area contributed by atoms with E-state index in [-0.39, 0.29) is 0 Å². The minimum Gasteiger partial charge on any atom is -0.387 e. The van der Waals surface area contributed by atoms with E-state index >= 15 is 0 Å². The van der Waals surface area contributed by atoms with Crippen molar-refractivity contribution in [2.75, 3.05) is 13.1 Å². The van der Waals surface area contributed by atoms with Crippen molar-refractivity contribution >= 4 is 11.6 Å². The number of fused-ring (bicyclic) bond motifs is 3. The van der Waals surface area contributed by atoms with E-state index in [1.807, 2.05) is 12.5 Å². The Labute approximate surface area is 124 Å². The number of hydrogen-bond donors (Lipinski definition) is 2. The van der Waals surface area contributed by atoms with Crippen molar-refractivity contribution < 1.29 is 5.11 Å². The molecule has 0 aromatic carbocycles. The number of rotatable bonds is 3. The maximum Gasteiger partial charge on any atom is 0.0995 e. The number of nitrogens with one attached hydrogen (secondary N) is 1. The molecule has 1 atom stereocenters. The van der Waals surface area contributed by atoms with Crippen LogP contribution in [0.3, 0.4) is 0 Å². The average Bonchev–Trinajstić information content (AvgIpc) is 3.08. The highest BCUT2D eigenvalue weighted by molar-refractivity contribution is 5.62. The number of aliphatic hydroxyl groups is 1. The van der Waals surface area contributed by atoms with Gasteiger partial charge in [0.15, 0.2) is 0 Å². The third-order valence-electron chi connectivity index (χ3n) is 4.86. The van der Waals surface area contributed by atoms with Gasteiger partial charge in [0.05, 0.1) is 29.8 Å². The van der Waals surface area contributed by atoms with Gasteiger partial charge in [-0.2, -0.15) is 0 Å². The van der Waals surface area contributed by atoms with Gasteiger partial charge in [-0.15, -0.1) is 0 Å². The Bertz CT molecular complexity index is 725. The lowest BCUT2D eigenvalue weighted by atomic mass is 9.90. The summed E-state index contributed by atoms with van der Waals surface area (Å²) in [5, 5.41) is 15.4. The van der Waals surface area contributed by atoms with Gasteiger partial charge in [0.25, 0.3) is 0 Å². The summed E-state index contributed by atoms with van der Waals surface area (Å²) in [6, 6.07) is 0. The summed E-state index contributed by atoms with van der Waals surface area (Å²) in [4.78, 5) is 4.26. The predicted octanol–water partition coefficient (Wildman–Crippen LogP) is 1.37. The van der Waals surface area contributed by atoms with Crippen LogP contribution in [-0.4, -0.2) is 27.6 Å². The van der Waals surface area contributed by atoms with Crippen molar-refractivity contribution in [3.05, 3.63) is 41.2 Å². The third kappa shape index (κ3) is 2.19. The van der Waals surface area contributed by atoms with Crippen LogP contribution < -0.4 is 10.5 Å². The van der Waals surface area contributed by atoms with Gasteiger partial charge in [0, 0.05) is 5.22 Å². The SMILES string of the molecule is OC(CC1CCNCC1)c1c2c(c3cncn13)=CC=CC2. The zero-order valence-electron chi connectivity index (χ0n) is 12.1. The predicted molar refractivity (Wildman–Crippen MR) is 82.9 cm³/mol. The standard InChI is InChI=1S/C17H21N3O/c21-16(9-12-5-7-18-8-6-12)17-14-4-2-1-3-13(14)15-10-19-11-20(15)17/h1-3,10-12,16,18,21H,4-9H2. The first-order valence-electron chi connectivity index (χ1n) is 7.86. The van der Waals surface area contributed by atoms with E-state index in [1.54, 1.807) is 0 Å². The summed E-state index contributed by atoms with van der Waals surface area (Å²) in [6.45, 7) is 2.15. The van der Waals surface area contributed by atoms with E-state index in [4.69, 9.17) is 0 Å². The van der Waals surface area contributed by atoms with Gasteiger partial charge in [0.2, 0.25) is 0 Å². The van der Waals surface area contributed by atoms with Crippen LogP contribution in [0.5, 0.6) is 0 Å². The van der Waals surface area contributed by atoms with Gasteiger partial charge in [-0.05, 0) is 50.3 Å². The molecule has 0 saturated carbocycles. The number of piperidine rings is 1. The maximum absolute atomic E-state index is 10.8. The molecular weight excluding hydrogens is 262 g/mol. The van der Waals surface area contributed by atoms with Crippen molar-refractivity contribution in [2.45, 2.75) is 31.8 Å². The fraction of sp³-hybridized carbons (Fsp3) is 0.471. The summed E-state index contributed by atoms with van der Waals surface area (Å²) >= 11 is 0. The van der Waals surface area contributed by atoms with E-state index in [9.17, 15) is 5.11 Å². The Balaban J connectivity index is 1.71. The molecular formula is C17H21N3O. The van der Waals surface area contributed by atoms with Crippen LogP contribution >= 0.6 is 0 Å². The van der Waals surface area contributed by atoms with Gasteiger partial charge in [-0.3, -0.25) is 4.40 Å². The summed E-state index contributed by atoms with van der Waals surface area (Å²) < 4.78 is 2.08. The van der Waals surface area contributed by atoms with E-state index in [0.29, 0.717) is 5.92 Å². The average molecular weight is 283 g/mol. The molecule has 21 heavy (non-hydrogen) atoms. The molecule has 4 rings (SSSR count). The number of hydrogen-bond acceptors (Lipinski definition) is 3. The molecule has 0 radical (unpaired) electrons. The minimum absolute atomic E-state index is 0.395. The van der Waals surface area contributed by atoms with Gasteiger partial charge >= 0.3 is 0 Å². The summed E-state index contributed by atoms with van der Waals surface area (Å²) in [6.07, 6.45) is 13.8. The molecule has 2 aromatic rings. The molecule has 1 fully saturated rings. The van der Waals surface area contributed by atoms with Gasteiger partial charge < -0.3 is 10.4 Å². The first-order chi connectivity index (χ1) is 10.3. The first-order valence-corrected chi connectivity index (χ1v) is 7.86. The highest BCUT2D eigenvalue weighted by atomic mass is 16.3. The number of aromatic nitrogens is 2. The molecule has 0 bridgehead atoms. The van der Waals surface area contributed by atoms with E-state index in [1.165, 1.54) is 23.6 Å². The zero-order valence-corrected chi connectivity index (χ0v) is 12.1. The molecule has 1 aliphatic carbocycles. The second-order valence-corrected chi connectivity index (χ2v) is 6.17. The second kappa shape index (κ2) is 5.28. The molecule has 0 spiro atoms. The number of nitrogens with zero attached hydrogens (tertiary/aromatic N) is 2. The molecule has 2 N–H and O–H groups in total. The van der Waals surface area contributed by atoms with Crippen LogP contribution in [0.2, 0.25) is 0 Å². The Morgan fingerprint density at radius 2 is 2.24 bits per heavy atom. The van der Waals surface area contributed by atoms with Crippen molar-refractivity contribution in [3.8, 4) is 0 Å². The first kappa shape index (κ1) is 13.0. The molecule has 2 aromatic heterocycles. The largest absolute Gasteiger partial charge is 0.387 e. The van der Waals surface area contributed by atoms with Crippen LogP contribution in [0.1, 0.15) is 36.6 Å². The highest BCUT2D eigenvalue weighted by Gasteiger charge is 2.24. The molecule has 2 aliphatic rings. The number of imidazole rings is 1. The fourth-order valence-corrected chi connectivity index (χ4v) is 3.78. The molecule has 1 unspecified atom stereocenters.